The second kappa shape index (κ2) is 9.03. The largest absolute Gasteiger partial charge is 0.390 e. The summed E-state index contributed by atoms with van der Waals surface area (Å²) in [6.07, 6.45) is 1.81. The molecular weight excluding hydrogens is 332 g/mol. The summed E-state index contributed by atoms with van der Waals surface area (Å²) in [7, 11) is -2.59. The maximum atomic E-state index is 6.92. The van der Waals surface area contributed by atoms with Crippen molar-refractivity contribution in [3.05, 3.63) is 72.9 Å². The molecular formula is C24H30OSi. The van der Waals surface area contributed by atoms with E-state index in [9.17, 15) is 0 Å². The molecule has 0 bridgehead atoms. The van der Waals surface area contributed by atoms with E-state index in [0.29, 0.717) is 0 Å². The summed E-state index contributed by atoms with van der Waals surface area (Å²) in [6, 6.07) is 21.0. The Bertz CT molecular complexity index is 708. The van der Waals surface area contributed by atoms with Crippen LogP contribution in [0.3, 0.4) is 0 Å². The number of benzene rings is 2. The molecule has 0 N–H and O–H groups in total. The van der Waals surface area contributed by atoms with Gasteiger partial charge >= 0.3 is 0 Å². The SMILES string of the molecule is C=C[Si](OC(C#CCCC)C(C)(C)C)(c1ccccc1)c1ccccc1. The Labute approximate surface area is 160 Å². The fourth-order valence-corrected chi connectivity index (χ4v) is 6.19. The van der Waals surface area contributed by atoms with E-state index in [1.807, 2.05) is 17.8 Å². The molecule has 0 amide bonds. The number of hydrogen-bond acceptors (Lipinski definition) is 1. The van der Waals surface area contributed by atoms with Crippen LogP contribution in [0.4, 0.5) is 0 Å². The zero-order valence-corrected chi connectivity index (χ0v) is 17.5. The quantitative estimate of drug-likeness (QED) is 0.534. The minimum absolute atomic E-state index is 0.0778. The normalized spacial score (nSPS) is 12.8. The summed E-state index contributed by atoms with van der Waals surface area (Å²) in [4.78, 5) is 0. The van der Waals surface area contributed by atoms with Gasteiger partial charge in [0, 0.05) is 6.42 Å². The summed E-state index contributed by atoms with van der Waals surface area (Å²) < 4.78 is 6.92. The van der Waals surface area contributed by atoms with Crippen LogP contribution in [0.15, 0.2) is 72.9 Å². The lowest BCUT2D eigenvalue weighted by Crippen LogP contribution is -2.62. The Morgan fingerprint density at radius 1 is 1.00 bits per heavy atom. The molecule has 0 aliphatic rings. The van der Waals surface area contributed by atoms with Crippen LogP contribution in [0, 0.1) is 17.3 Å². The van der Waals surface area contributed by atoms with Gasteiger partial charge in [0.05, 0.1) is 0 Å². The highest BCUT2D eigenvalue weighted by Crippen LogP contribution is 2.25. The van der Waals surface area contributed by atoms with E-state index >= 15 is 0 Å². The fraction of sp³-hybridized carbons (Fsp3) is 0.333. The molecule has 0 fully saturated rings. The van der Waals surface area contributed by atoms with Gasteiger partial charge < -0.3 is 4.43 Å². The molecule has 2 heteroatoms. The van der Waals surface area contributed by atoms with Gasteiger partial charge in [0.1, 0.15) is 6.10 Å². The molecule has 0 spiro atoms. The predicted molar refractivity (Wildman–Crippen MR) is 115 cm³/mol. The maximum absolute atomic E-state index is 6.92. The van der Waals surface area contributed by atoms with Gasteiger partial charge in [0.25, 0.3) is 8.32 Å². The minimum Gasteiger partial charge on any atom is -0.390 e. The van der Waals surface area contributed by atoms with Crippen LogP contribution in [0.5, 0.6) is 0 Å². The lowest BCUT2D eigenvalue weighted by molar-refractivity contribution is 0.136. The van der Waals surface area contributed by atoms with E-state index in [2.05, 4.69) is 94.6 Å². The van der Waals surface area contributed by atoms with Crippen molar-refractivity contribution in [1.29, 1.82) is 0 Å². The molecule has 1 nitrogen and oxygen atoms in total. The Hall–Kier alpha value is -2.08. The van der Waals surface area contributed by atoms with E-state index in [0.717, 1.165) is 12.8 Å². The average Bonchev–Trinajstić information content (AvgIpc) is 2.65. The van der Waals surface area contributed by atoms with Crippen molar-refractivity contribution in [3.8, 4) is 11.8 Å². The maximum Gasteiger partial charge on any atom is 0.281 e. The molecule has 0 radical (unpaired) electrons. The van der Waals surface area contributed by atoms with Crippen LogP contribution >= 0.6 is 0 Å². The van der Waals surface area contributed by atoms with Gasteiger partial charge in [-0.15, -0.1) is 12.5 Å². The van der Waals surface area contributed by atoms with Crippen LogP contribution in [0.2, 0.25) is 0 Å². The smallest absolute Gasteiger partial charge is 0.281 e. The van der Waals surface area contributed by atoms with Crippen molar-refractivity contribution < 1.29 is 4.43 Å². The number of rotatable bonds is 6. The van der Waals surface area contributed by atoms with E-state index in [1.165, 1.54) is 10.4 Å². The summed E-state index contributed by atoms with van der Waals surface area (Å²) in [5.41, 5.74) is 1.96. The van der Waals surface area contributed by atoms with Crippen molar-refractivity contribution in [2.24, 2.45) is 5.41 Å². The van der Waals surface area contributed by atoms with E-state index < -0.39 is 8.32 Å². The van der Waals surface area contributed by atoms with Crippen LogP contribution in [0.25, 0.3) is 0 Å². The molecule has 1 atom stereocenters. The Kier molecular flexibility index (Phi) is 7.03. The van der Waals surface area contributed by atoms with Crippen LogP contribution in [-0.2, 0) is 4.43 Å². The first-order valence-electron chi connectivity index (χ1n) is 9.35. The predicted octanol–water partition coefficient (Wildman–Crippen LogP) is 4.71. The first kappa shape index (κ1) is 20.2. The van der Waals surface area contributed by atoms with Crippen LogP contribution in [0.1, 0.15) is 40.5 Å². The van der Waals surface area contributed by atoms with E-state index in [-0.39, 0.29) is 11.5 Å². The summed E-state index contributed by atoms with van der Waals surface area (Å²) in [5, 5.41) is 2.40. The molecule has 2 aromatic carbocycles. The zero-order chi connectivity index (χ0) is 19.0. The summed E-state index contributed by atoms with van der Waals surface area (Å²) in [5.74, 6) is 6.71. The van der Waals surface area contributed by atoms with Crippen LogP contribution < -0.4 is 10.4 Å². The summed E-state index contributed by atoms with van der Waals surface area (Å²) >= 11 is 0. The van der Waals surface area contributed by atoms with Gasteiger partial charge in [-0.25, -0.2) is 0 Å². The second-order valence-corrected chi connectivity index (χ2v) is 10.9. The van der Waals surface area contributed by atoms with Gasteiger partial charge in [0.2, 0.25) is 0 Å². The number of hydrogen-bond donors (Lipinski definition) is 0. The Balaban J connectivity index is 2.57. The lowest BCUT2D eigenvalue weighted by atomic mass is 9.89. The van der Waals surface area contributed by atoms with Gasteiger partial charge in [0.15, 0.2) is 0 Å². The molecule has 2 aromatic rings. The molecule has 0 aliphatic heterocycles. The first-order chi connectivity index (χ1) is 12.4. The van der Waals surface area contributed by atoms with Crippen molar-refractivity contribution in [2.45, 2.75) is 46.6 Å². The minimum atomic E-state index is -2.59. The van der Waals surface area contributed by atoms with Gasteiger partial charge in [-0.1, -0.05) is 100.0 Å². The molecule has 0 saturated carbocycles. The average molecular weight is 363 g/mol. The lowest BCUT2D eigenvalue weighted by Gasteiger charge is -2.37. The number of unbranched alkanes of at least 4 members (excludes halogenated alkanes) is 1. The van der Waals surface area contributed by atoms with Crippen molar-refractivity contribution in [2.75, 3.05) is 0 Å². The van der Waals surface area contributed by atoms with Gasteiger partial charge in [-0.2, -0.15) is 0 Å². The van der Waals surface area contributed by atoms with Gasteiger partial charge in [-0.05, 0) is 22.2 Å². The zero-order valence-electron chi connectivity index (χ0n) is 16.5. The third kappa shape index (κ3) is 4.75. The Morgan fingerprint density at radius 2 is 1.50 bits per heavy atom. The van der Waals surface area contributed by atoms with Crippen molar-refractivity contribution in [1.82, 2.24) is 0 Å². The summed E-state index contributed by atoms with van der Waals surface area (Å²) in [6.45, 7) is 12.9. The molecule has 0 aliphatic carbocycles. The highest BCUT2D eigenvalue weighted by atomic mass is 28.4. The van der Waals surface area contributed by atoms with Crippen molar-refractivity contribution in [3.63, 3.8) is 0 Å². The molecule has 0 heterocycles. The second-order valence-electron chi connectivity index (χ2n) is 7.61. The molecule has 2 rings (SSSR count). The highest BCUT2D eigenvalue weighted by Gasteiger charge is 2.41. The van der Waals surface area contributed by atoms with Crippen LogP contribution in [-0.4, -0.2) is 14.4 Å². The molecule has 1 unspecified atom stereocenters. The van der Waals surface area contributed by atoms with E-state index in [4.69, 9.17) is 4.43 Å². The van der Waals surface area contributed by atoms with E-state index in [1.54, 1.807) is 0 Å². The monoisotopic (exact) mass is 362 g/mol. The third-order valence-electron chi connectivity index (χ3n) is 4.39. The topological polar surface area (TPSA) is 9.23 Å². The molecule has 0 saturated heterocycles. The fourth-order valence-electron chi connectivity index (χ4n) is 2.86. The standard InChI is InChI=1S/C24H30OSi/c1-6-8-11-20-23(24(3,4)5)25-26(7-2,21-16-12-9-13-17-21)22-18-14-10-15-19-22/h7,9-10,12-19,23H,2,6,8H2,1,3-5H3. The van der Waals surface area contributed by atoms with Crippen molar-refractivity contribution >= 4 is 18.7 Å². The Morgan fingerprint density at radius 3 is 1.88 bits per heavy atom. The van der Waals surface area contributed by atoms with Gasteiger partial charge in [-0.3, -0.25) is 0 Å². The third-order valence-corrected chi connectivity index (χ3v) is 7.96. The first-order valence-corrected chi connectivity index (χ1v) is 11.3. The molecule has 0 aromatic heterocycles. The highest BCUT2D eigenvalue weighted by molar-refractivity contribution is 7.01. The molecule has 26 heavy (non-hydrogen) atoms. The molecule has 136 valence electrons.